The van der Waals surface area contributed by atoms with E-state index in [0.717, 1.165) is 43.3 Å². The quantitative estimate of drug-likeness (QED) is 0.0817. The number of ether oxygens (including phenoxy) is 3. The van der Waals surface area contributed by atoms with Crippen LogP contribution in [-0.2, 0) is 14.2 Å². The Bertz CT molecular complexity index is 1460. The van der Waals surface area contributed by atoms with Crippen molar-refractivity contribution in [3.05, 3.63) is 131 Å². The van der Waals surface area contributed by atoms with E-state index in [-0.39, 0.29) is 5.60 Å². The second-order valence-electron chi connectivity index (χ2n) is 15.7. The van der Waals surface area contributed by atoms with E-state index in [9.17, 15) is 20.4 Å². The van der Waals surface area contributed by atoms with Gasteiger partial charge in [0.1, 0.15) is 24.4 Å². The summed E-state index contributed by atoms with van der Waals surface area (Å²) in [6.45, 7) is 20.2. The maximum absolute atomic E-state index is 10.3. The minimum absolute atomic E-state index is 0.0523. The summed E-state index contributed by atoms with van der Waals surface area (Å²) >= 11 is 0. The first-order valence-corrected chi connectivity index (χ1v) is 19.3. The normalized spacial score (nSPS) is 23.8. The molecule has 1 fully saturated rings. The van der Waals surface area contributed by atoms with Gasteiger partial charge in [-0.3, -0.25) is 0 Å². The Hall–Kier alpha value is -3.14. The minimum atomic E-state index is -1.45. The van der Waals surface area contributed by atoms with Gasteiger partial charge in [0, 0.05) is 7.11 Å². The van der Waals surface area contributed by atoms with Crippen molar-refractivity contribution in [1.82, 2.24) is 0 Å². The van der Waals surface area contributed by atoms with E-state index in [1.807, 2.05) is 13.8 Å². The second kappa shape index (κ2) is 25.8. The van der Waals surface area contributed by atoms with Gasteiger partial charge >= 0.3 is 0 Å². The molecule has 0 aliphatic carbocycles. The van der Waals surface area contributed by atoms with Gasteiger partial charge in [0.2, 0.25) is 0 Å². The van der Waals surface area contributed by atoms with E-state index in [2.05, 4.69) is 153 Å². The maximum atomic E-state index is 10.3. The average molecular weight is 749 g/mol. The van der Waals surface area contributed by atoms with E-state index in [0.29, 0.717) is 6.42 Å². The van der Waals surface area contributed by atoms with E-state index in [4.69, 9.17) is 14.2 Å². The summed E-state index contributed by atoms with van der Waals surface area (Å²) in [7, 11) is 1.78. The molecule has 1 rings (SSSR count). The van der Waals surface area contributed by atoms with Crippen molar-refractivity contribution in [1.29, 1.82) is 0 Å². The summed E-state index contributed by atoms with van der Waals surface area (Å²) in [5.41, 5.74) is 6.60. The summed E-state index contributed by atoms with van der Waals surface area (Å²) in [5, 5.41) is 39.7. The minimum Gasteiger partial charge on any atom is -0.394 e. The van der Waals surface area contributed by atoms with Gasteiger partial charge in [-0.15, -0.1) is 0 Å². The van der Waals surface area contributed by atoms with E-state index >= 15 is 0 Å². The molecular formula is C47H72O7. The molecule has 0 saturated carbocycles. The Balaban J connectivity index is 2.50. The fourth-order valence-electron chi connectivity index (χ4n) is 5.46. The zero-order valence-corrected chi connectivity index (χ0v) is 35.1. The van der Waals surface area contributed by atoms with Crippen LogP contribution in [0.4, 0.5) is 0 Å². The molecule has 0 radical (unpaired) electrons. The molecule has 1 heterocycles. The molecule has 7 nitrogen and oxygen atoms in total. The Morgan fingerprint density at radius 1 is 0.556 bits per heavy atom. The van der Waals surface area contributed by atoms with Crippen LogP contribution >= 0.6 is 0 Å². The molecule has 0 unspecified atom stereocenters. The van der Waals surface area contributed by atoms with Crippen molar-refractivity contribution >= 4 is 0 Å². The lowest BCUT2D eigenvalue weighted by Crippen LogP contribution is -2.60. The molecule has 0 amide bonds. The summed E-state index contributed by atoms with van der Waals surface area (Å²) in [6, 6.07) is 0. The third kappa shape index (κ3) is 21.7. The highest BCUT2D eigenvalue weighted by atomic mass is 16.7. The van der Waals surface area contributed by atoms with E-state index in [1.165, 1.54) is 22.3 Å². The number of aliphatic hydroxyl groups is 4. The zero-order valence-electron chi connectivity index (χ0n) is 35.1. The van der Waals surface area contributed by atoms with Crippen LogP contribution in [0.2, 0.25) is 0 Å². The molecular weight excluding hydrogens is 677 g/mol. The van der Waals surface area contributed by atoms with E-state index in [1.54, 1.807) is 7.11 Å². The molecule has 0 aromatic rings. The predicted octanol–water partition coefficient (Wildman–Crippen LogP) is 9.81. The topological polar surface area (TPSA) is 109 Å². The summed E-state index contributed by atoms with van der Waals surface area (Å²) < 4.78 is 17.0. The molecule has 0 spiro atoms. The smallest absolute Gasteiger partial charge is 0.187 e. The monoisotopic (exact) mass is 749 g/mol. The van der Waals surface area contributed by atoms with Gasteiger partial charge in [0.25, 0.3) is 0 Å². The summed E-state index contributed by atoms with van der Waals surface area (Å²) in [4.78, 5) is 0. The first kappa shape index (κ1) is 48.9. The molecule has 0 aromatic heterocycles. The lowest BCUT2D eigenvalue weighted by molar-refractivity contribution is -0.323. The van der Waals surface area contributed by atoms with Crippen LogP contribution in [-0.4, -0.2) is 76.1 Å². The van der Waals surface area contributed by atoms with Crippen molar-refractivity contribution in [3.8, 4) is 0 Å². The molecule has 7 heteroatoms. The highest BCUT2D eigenvalue weighted by molar-refractivity contribution is 5.32. The third-order valence-electron chi connectivity index (χ3n) is 9.28. The van der Waals surface area contributed by atoms with Crippen LogP contribution in [0.25, 0.3) is 0 Å². The van der Waals surface area contributed by atoms with Gasteiger partial charge < -0.3 is 34.6 Å². The van der Waals surface area contributed by atoms with Gasteiger partial charge in [-0.25, -0.2) is 0 Å². The van der Waals surface area contributed by atoms with Crippen molar-refractivity contribution in [2.75, 3.05) is 13.7 Å². The molecule has 1 aliphatic heterocycles. The molecule has 0 aromatic carbocycles. The molecule has 1 saturated heterocycles. The number of allylic oxidation sites excluding steroid dienone is 22. The van der Waals surface area contributed by atoms with Crippen molar-refractivity contribution in [3.63, 3.8) is 0 Å². The lowest BCUT2D eigenvalue weighted by atomic mass is 9.96. The fourth-order valence-corrected chi connectivity index (χ4v) is 5.46. The Morgan fingerprint density at radius 2 is 0.944 bits per heavy atom. The largest absolute Gasteiger partial charge is 0.394 e. The molecule has 302 valence electrons. The van der Waals surface area contributed by atoms with Crippen LogP contribution < -0.4 is 0 Å². The predicted molar refractivity (Wildman–Crippen MR) is 226 cm³/mol. The van der Waals surface area contributed by atoms with Crippen LogP contribution in [0, 0.1) is 0 Å². The lowest BCUT2D eigenvalue weighted by Gasteiger charge is -2.42. The first-order valence-electron chi connectivity index (χ1n) is 19.3. The first-order chi connectivity index (χ1) is 25.4. The van der Waals surface area contributed by atoms with Gasteiger partial charge in [-0.05, 0) is 108 Å². The molecule has 54 heavy (non-hydrogen) atoms. The molecule has 0 bridgehead atoms. The van der Waals surface area contributed by atoms with Gasteiger partial charge in [0.15, 0.2) is 6.29 Å². The Labute approximate surface area is 327 Å². The number of hydrogen-bond acceptors (Lipinski definition) is 7. The van der Waals surface area contributed by atoms with Crippen LogP contribution in [0.5, 0.6) is 0 Å². The maximum Gasteiger partial charge on any atom is 0.187 e. The van der Waals surface area contributed by atoms with Crippen molar-refractivity contribution in [2.24, 2.45) is 0 Å². The number of aliphatic hydroxyl groups excluding tert-OH is 4. The third-order valence-corrected chi connectivity index (χ3v) is 9.28. The van der Waals surface area contributed by atoms with E-state index < -0.39 is 42.9 Å². The summed E-state index contributed by atoms with van der Waals surface area (Å²) in [5.74, 6) is 0. The average Bonchev–Trinajstić information content (AvgIpc) is 3.10. The van der Waals surface area contributed by atoms with Crippen LogP contribution in [0.3, 0.4) is 0 Å². The highest BCUT2D eigenvalue weighted by Gasteiger charge is 2.45. The number of methoxy groups -OCH3 is 1. The molecule has 4 N–H and O–H groups in total. The van der Waals surface area contributed by atoms with Gasteiger partial charge in [-0.2, -0.15) is 0 Å². The van der Waals surface area contributed by atoms with Crippen LogP contribution in [0.1, 0.15) is 108 Å². The Morgan fingerprint density at radius 3 is 1.35 bits per heavy atom. The Kier molecular flexibility index (Phi) is 23.4. The molecule has 1 aliphatic rings. The van der Waals surface area contributed by atoms with Crippen LogP contribution in [0.15, 0.2) is 131 Å². The second-order valence-corrected chi connectivity index (χ2v) is 15.7. The summed E-state index contributed by atoms with van der Waals surface area (Å²) in [6.07, 6.45) is 32.9. The standard InChI is InChI=1S/C47H72O7/c1-35(22-14-24-37(3)26-16-28-39(5)30-18-32-46(7,8)52-11)20-12-13-21-36(2)23-15-25-38(4)27-17-29-40(6)31-19-33-47(9,10)54-45-44(51)43(50)42(49)41(34-48)53-45/h12-17,20-29,41-45,48-51H,18-19,30-34H2,1-11H3/b13-12+,22-14+,23-15+,26-16+,27-17+,35-20+,36-21+,37-24-,38-25+,39-28+,40-29+/t41-,42-,43+,44-,45+/m1/s1. The van der Waals surface area contributed by atoms with Gasteiger partial charge in [-0.1, -0.05) is 131 Å². The van der Waals surface area contributed by atoms with Gasteiger partial charge in [0.05, 0.1) is 17.8 Å². The number of rotatable bonds is 22. The number of hydrogen-bond donors (Lipinski definition) is 4. The van der Waals surface area contributed by atoms with Crippen molar-refractivity contribution in [2.45, 2.75) is 150 Å². The highest BCUT2D eigenvalue weighted by Crippen LogP contribution is 2.28. The molecule has 5 atom stereocenters. The fraction of sp³-hybridized carbons (Fsp3) is 0.532. The van der Waals surface area contributed by atoms with Crippen molar-refractivity contribution < 1.29 is 34.6 Å². The SMILES string of the molecule is COC(C)(C)CCC/C(C)=C/C=C/C(C)=C\C=C\C(C)=C\C=C\C=C(C)\C=C\C=C(C)\C=C\C=C(/C)CCCC(C)(C)O[C@@H]1O[C@H](CO)[C@@H](O)[C@H](O)[C@H]1O. The zero-order chi connectivity index (χ0) is 40.7.